The standard InChI is InChI=1S/C7H14F3NO2S/c1-4-6(3,5-2)11-14(12,13)7(8,9)10/h11H,4-5H2,1-3H3. The average molecular weight is 233 g/mol. The van der Waals surface area contributed by atoms with E-state index in [-0.39, 0.29) is 0 Å². The minimum atomic E-state index is -5.24. The van der Waals surface area contributed by atoms with Crippen molar-refractivity contribution >= 4 is 10.0 Å². The Bertz CT molecular complexity index is 280. The molecule has 0 aromatic carbocycles. The van der Waals surface area contributed by atoms with Gasteiger partial charge in [-0.25, -0.2) is 13.1 Å². The van der Waals surface area contributed by atoms with E-state index >= 15 is 0 Å². The minimum Gasteiger partial charge on any atom is -0.203 e. The second kappa shape index (κ2) is 4.06. The smallest absolute Gasteiger partial charge is 0.203 e. The van der Waals surface area contributed by atoms with Crippen LogP contribution < -0.4 is 4.72 Å². The molecule has 0 saturated carbocycles. The number of sulfonamides is 1. The van der Waals surface area contributed by atoms with Crippen molar-refractivity contribution in [3.8, 4) is 0 Å². The molecule has 0 aliphatic carbocycles. The molecule has 1 N–H and O–H groups in total. The van der Waals surface area contributed by atoms with Gasteiger partial charge in [0.2, 0.25) is 0 Å². The van der Waals surface area contributed by atoms with Crippen molar-refractivity contribution in [2.75, 3.05) is 0 Å². The average Bonchev–Trinajstić information content (AvgIpc) is 2.01. The van der Waals surface area contributed by atoms with E-state index in [0.717, 1.165) is 0 Å². The van der Waals surface area contributed by atoms with Crippen molar-refractivity contribution in [2.24, 2.45) is 0 Å². The fourth-order valence-corrected chi connectivity index (χ4v) is 1.83. The number of halogens is 3. The SMILES string of the molecule is CCC(C)(CC)NS(=O)(=O)C(F)(F)F. The van der Waals surface area contributed by atoms with Gasteiger partial charge in [-0.1, -0.05) is 13.8 Å². The van der Waals surface area contributed by atoms with Crippen LogP contribution in [0.2, 0.25) is 0 Å². The summed E-state index contributed by atoms with van der Waals surface area (Å²) in [6, 6.07) is 0. The third kappa shape index (κ3) is 3.13. The van der Waals surface area contributed by atoms with Crippen molar-refractivity contribution < 1.29 is 21.6 Å². The molecule has 0 fully saturated rings. The van der Waals surface area contributed by atoms with Gasteiger partial charge in [0, 0.05) is 5.54 Å². The van der Waals surface area contributed by atoms with Gasteiger partial charge in [-0.05, 0) is 19.8 Å². The lowest BCUT2D eigenvalue weighted by atomic mass is 9.98. The Morgan fingerprint density at radius 1 is 1.14 bits per heavy atom. The summed E-state index contributed by atoms with van der Waals surface area (Å²) in [5.41, 5.74) is -6.27. The first-order chi connectivity index (χ1) is 6.08. The molecule has 0 bridgehead atoms. The van der Waals surface area contributed by atoms with Gasteiger partial charge in [0.15, 0.2) is 0 Å². The van der Waals surface area contributed by atoms with Crippen molar-refractivity contribution in [3.05, 3.63) is 0 Å². The summed E-state index contributed by atoms with van der Waals surface area (Å²) in [7, 11) is -5.23. The number of alkyl halides is 3. The Labute approximate surface area is 81.7 Å². The van der Waals surface area contributed by atoms with Gasteiger partial charge in [-0.2, -0.15) is 13.2 Å². The van der Waals surface area contributed by atoms with Gasteiger partial charge in [0.1, 0.15) is 0 Å². The molecule has 0 aliphatic rings. The minimum absolute atomic E-state index is 0.304. The van der Waals surface area contributed by atoms with E-state index in [1.54, 1.807) is 18.6 Å². The summed E-state index contributed by atoms with van der Waals surface area (Å²) in [4.78, 5) is 0. The third-order valence-corrected chi connectivity index (χ3v) is 3.62. The Morgan fingerprint density at radius 2 is 1.50 bits per heavy atom. The van der Waals surface area contributed by atoms with Crippen molar-refractivity contribution in [1.29, 1.82) is 0 Å². The molecule has 0 atom stereocenters. The molecule has 0 aromatic heterocycles. The molecule has 0 heterocycles. The maximum Gasteiger partial charge on any atom is 0.511 e. The molecule has 0 unspecified atom stereocenters. The zero-order valence-electron chi connectivity index (χ0n) is 8.27. The van der Waals surface area contributed by atoms with E-state index < -0.39 is 21.1 Å². The molecule has 0 radical (unpaired) electrons. The van der Waals surface area contributed by atoms with E-state index in [4.69, 9.17) is 0 Å². The topological polar surface area (TPSA) is 46.2 Å². The van der Waals surface area contributed by atoms with Crippen molar-refractivity contribution in [3.63, 3.8) is 0 Å². The normalized spacial score (nSPS) is 14.4. The van der Waals surface area contributed by atoms with Crippen LogP contribution in [0.15, 0.2) is 0 Å². The van der Waals surface area contributed by atoms with Crippen LogP contribution in [-0.4, -0.2) is 19.5 Å². The van der Waals surface area contributed by atoms with Crippen LogP contribution in [0.3, 0.4) is 0 Å². The summed E-state index contributed by atoms with van der Waals surface area (Å²) >= 11 is 0. The first-order valence-electron chi connectivity index (χ1n) is 4.18. The Kier molecular flexibility index (Phi) is 3.97. The number of hydrogen-bond donors (Lipinski definition) is 1. The molecular formula is C7H14F3NO2S. The lowest BCUT2D eigenvalue weighted by Gasteiger charge is -2.28. The fraction of sp³-hybridized carbons (Fsp3) is 1.00. The second-order valence-electron chi connectivity index (χ2n) is 3.32. The van der Waals surface area contributed by atoms with E-state index in [9.17, 15) is 21.6 Å². The van der Waals surface area contributed by atoms with Gasteiger partial charge in [-0.3, -0.25) is 0 Å². The van der Waals surface area contributed by atoms with Gasteiger partial charge < -0.3 is 0 Å². The van der Waals surface area contributed by atoms with Crippen LogP contribution in [-0.2, 0) is 10.0 Å². The van der Waals surface area contributed by atoms with Crippen LogP contribution in [0.25, 0.3) is 0 Å². The molecule has 3 nitrogen and oxygen atoms in total. The van der Waals surface area contributed by atoms with Crippen LogP contribution in [0.1, 0.15) is 33.6 Å². The zero-order valence-corrected chi connectivity index (χ0v) is 9.09. The summed E-state index contributed by atoms with van der Waals surface area (Å²) in [6.45, 7) is 4.70. The van der Waals surface area contributed by atoms with E-state index in [1.165, 1.54) is 6.92 Å². The highest BCUT2D eigenvalue weighted by molar-refractivity contribution is 7.90. The van der Waals surface area contributed by atoms with E-state index in [1.807, 2.05) is 0 Å². The summed E-state index contributed by atoms with van der Waals surface area (Å²) in [5, 5.41) is 0. The number of rotatable bonds is 4. The molecule has 14 heavy (non-hydrogen) atoms. The van der Waals surface area contributed by atoms with Gasteiger partial charge in [0.25, 0.3) is 0 Å². The third-order valence-electron chi connectivity index (χ3n) is 2.25. The second-order valence-corrected chi connectivity index (χ2v) is 4.99. The highest BCUT2D eigenvalue weighted by Crippen LogP contribution is 2.25. The summed E-state index contributed by atoms with van der Waals surface area (Å²) in [6.07, 6.45) is 0.609. The van der Waals surface area contributed by atoms with E-state index in [0.29, 0.717) is 12.8 Å². The molecule has 0 aliphatic heterocycles. The summed E-state index contributed by atoms with van der Waals surface area (Å²) < 4.78 is 59.1. The molecule has 0 aromatic rings. The Hall–Kier alpha value is -0.300. The van der Waals surface area contributed by atoms with Crippen molar-refractivity contribution in [1.82, 2.24) is 4.72 Å². The maximum atomic E-state index is 12.0. The molecule has 0 saturated heterocycles. The van der Waals surface area contributed by atoms with Crippen LogP contribution in [0.5, 0.6) is 0 Å². The van der Waals surface area contributed by atoms with Crippen LogP contribution >= 0.6 is 0 Å². The Balaban J connectivity index is 4.85. The molecule has 0 amide bonds. The lowest BCUT2D eigenvalue weighted by Crippen LogP contribution is -2.49. The predicted molar refractivity (Wildman–Crippen MR) is 47.1 cm³/mol. The lowest BCUT2D eigenvalue weighted by molar-refractivity contribution is -0.0456. The fourth-order valence-electron chi connectivity index (χ4n) is 0.777. The maximum absolute atomic E-state index is 12.0. The zero-order chi connectivity index (χ0) is 11.6. The first kappa shape index (κ1) is 13.7. The highest BCUT2D eigenvalue weighted by Gasteiger charge is 2.48. The molecule has 86 valence electrons. The van der Waals surface area contributed by atoms with Crippen LogP contribution in [0.4, 0.5) is 13.2 Å². The quantitative estimate of drug-likeness (QED) is 0.807. The summed E-state index contributed by atoms with van der Waals surface area (Å²) in [5.74, 6) is 0. The Morgan fingerprint density at radius 3 is 1.71 bits per heavy atom. The first-order valence-corrected chi connectivity index (χ1v) is 5.66. The van der Waals surface area contributed by atoms with Gasteiger partial charge in [0.05, 0.1) is 0 Å². The van der Waals surface area contributed by atoms with Crippen molar-refractivity contribution in [2.45, 2.75) is 44.7 Å². The van der Waals surface area contributed by atoms with Crippen LogP contribution in [0, 0.1) is 0 Å². The van der Waals surface area contributed by atoms with E-state index in [2.05, 4.69) is 0 Å². The molecule has 0 rings (SSSR count). The largest absolute Gasteiger partial charge is 0.511 e. The highest BCUT2D eigenvalue weighted by atomic mass is 32.2. The van der Waals surface area contributed by atoms with Gasteiger partial charge in [-0.15, -0.1) is 0 Å². The monoisotopic (exact) mass is 233 g/mol. The molecule has 7 heteroatoms. The predicted octanol–water partition coefficient (Wildman–Crippen LogP) is 2.00. The van der Waals surface area contributed by atoms with Gasteiger partial charge >= 0.3 is 15.5 Å². The number of hydrogen-bond acceptors (Lipinski definition) is 2. The number of nitrogens with one attached hydrogen (secondary N) is 1. The molecular weight excluding hydrogens is 219 g/mol. The molecule has 0 spiro atoms.